The lowest BCUT2D eigenvalue weighted by atomic mass is 9.95. The Balaban J connectivity index is 2.05. The molecule has 2 N–H and O–H groups in total. The number of nitrogens with one attached hydrogen (secondary N) is 1. The molecule has 0 aliphatic carbocycles. The van der Waals surface area contributed by atoms with Crippen molar-refractivity contribution in [3.05, 3.63) is 65.4 Å². The monoisotopic (exact) mass is 445 g/mol. The van der Waals surface area contributed by atoms with Gasteiger partial charge in [-0.25, -0.2) is 0 Å². The van der Waals surface area contributed by atoms with E-state index >= 15 is 0 Å². The fraction of sp³-hybridized carbons (Fsp3) is 0.304. The molecule has 0 aliphatic rings. The van der Waals surface area contributed by atoms with Crippen LogP contribution in [0, 0.1) is 16.7 Å². The highest BCUT2D eigenvalue weighted by atomic mass is 19.4. The van der Waals surface area contributed by atoms with Crippen LogP contribution in [0.5, 0.6) is 5.75 Å². The number of hydrogen-bond acceptors (Lipinski definition) is 4. The molecule has 0 unspecified atom stereocenters. The number of aliphatic hydroxyl groups excluding tert-OH is 1. The molecule has 1 heterocycles. The highest BCUT2D eigenvalue weighted by Gasteiger charge is 2.32. The lowest BCUT2D eigenvalue weighted by Crippen LogP contribution is -2.36. The first-order chi connectivity index (χ1) is 15.0. The van der Waals surface area contributed by atoms with Crippen molar-refractivity contribution in [3.63, 3.8) is 0 Å². The SMILES string of the molecule is CC(C)(CO)CNC(=O)c1cc2cc(C#N)ccc2n1Cc1ccccc1OC(F)(F)F. The fourth-order valence-corrected chi connectivity index (χ4v) is 3.19. The second-order valence-corrected chi connectivity index (χ2v) is 8.16. The van der Waals surface area contributed by atoms with Crippen LogP contribution in [0.1, 0.15) is 35.5 Å². The van der Waals surface area contributed by atoms with Crippen molar-refractivity contribution in [1.29, 1.82) is 5.26 Å². The maximum Gasteiger partial charge on any atom is 0.573 e. The maximum absolute atomic E-state index is 13.0. The molecule has 6 nitrogen and oxygen atoms in total. The number of aromatic nitrogens is 1. The van der Waals surface area contributed by atoms with Crippen molar-refractivity contribution in [2.75, 3.05) is 13.2 Å². The first-order valence-corrected chi connectivity index (χ1v) is 9.79. The lowest BCUT2D eigenvalue weighted by molar-refractivity contribution is -0.274. The highest BCUT2D eigenvalue weighted by molar-refractivity contribution is 5.99. The Morgan fingerprint density at radius 1 is 1.19 bits per heavy atom. The molecule has 0 saturated carbocycles. The number of halogens is 3. The van der Waals surface area contributed by atoms with Crippen LogP contribution in [0.15, 0.2) is 48.5 Å². The molecule has 0 saturated heterocycles. The molecular formula is C23H22F3N3O3. The van der Waals surface area contributed by atoms with Crippen LogP contribution < -0.4 is 10.1 Å². The summed E-state index contributed by atoms with van der Waals surface area (Å²) >= 11 is 0. The lowest BCUT2D eigenvalue weighted by Gasteiger charge is -2.22. The third-order valence-corrected chi connectivity index (χ3v) is 4.95. The van der Waals surface area contributed by atoms with Crippen LogP contribution in [-0.2, 0) is 6.54 Å². The molecule has 168 valence electrons. The molecule has 0 spiro atoms. The van der Waals surface area contributed by atoms with Crippen molar-refractivity contribution in [2.24, 2.45) is 5.41 Å². The molecule has 0 fully saturated rings. The summed E-state index contributed by atoms with van der Waals surface area (Å²) in [4.78, 5) is 13.0. The van der Waals surface area contributed by atoms with Crippen LogP contribution >= 0.6 is 0 Å². The second kappa shape index (κ2) is 8.93. The van der Waals surface area contributed by atoms with Gasteiger partial charge in [-0.3, -0.25) is 4.79 Å². The highest BCUT2D eigenvalue weighted by Crippen LogP contribution is 2.29. The van der Waals surface area contributed by atoms with E-state index < -0.39 is 17.7 Å². The largest absolute Gasteiger partial charge is 0.573 e. The Labute approximate surface area is 182 Å². The average Bonchev–Trinajstić information content (AvgIpc) is 3.10. The zero-order chi connectivity index (χ0) is 23.5. The summed E-state index contributed by atoms with van der Waals surface area (Å²) < 4.78 is 44.3. The minimum Gasteiger partial charge on any atom is -0.405 e. The van der Waals surface area contributed by atoms with Gasteiger partial charge in [0.1, 0.15) is 11.4 Å². The summed E-state index contributed by atoms with van der Waals surface area (Å²) in [5, 5.41) is 22.0. The normalized spacial score (nSPS) is 11.9. The number of ether oxygens (including phenoxy) is 1. The Morgan fingerprint density at radius 3 is 2.56 bits per heavy atom. The quantitative estimate of drug-likeness (QED) is 0.571. The van der Waals surface area contributed by atoms with Crippen LogP contribution in [0.2, 0.25) is 0 Å². The van der Waals surface area contributed by atoms with E-state index in [0.717, 1.165) is 0 Å². The number of carbonyl (C=O) groups is 1. The summed E-state index contributed by atoms with van der Waals surface area (Å²) in [7, 11) is 0. The number of benzene rings is 2. The first-order valence-electron chi connectivity index (χ1n) is 9.79. The molecule has 3 aromatic rings. The summed E-state index contributed by atoms with van der Waals surface area (Å²) in [5.41, 5.74) is 0.872. The minimum atomic E-state index is -4.85. The van der Waals surface area contributed by atoms with E-state index in [0.29, 0.717) is 16.5 Å². The summed E-state index contributed by atoms with van der Waals surface area (Å²) in [6, 6.07) is 14.2. The maximum atomic E-state index is 13.0. The number of carbonyl (C=O) groups excluding carboxylic acids is 1. The van der Waals surface area contributed by atoms with E-state index in [-0.39, 0.29) is 36.7 Å². The number of fused-ring (bicyclic) bond motifs is 1. The topological polar surface area (TPSA) is 87.3 Å². The van der Waals surface area contributed by atoms with Crippen molar-refractivity contribution >= 4 is 16.8 Å². The van der Waals surface area contributed by atoms with Gasteiger partial charge in [0, 0.05) is 35.0 Å². The Bertz CT molecular complexity index is 1180. The van der Waals surface area contributed by atoms with Crippen LogP contribution in [0.3, 0.4) is 0 Å². The van der Waals surface area contributed by atoms with E-state index in [2.05, 4.69) is 10.1 Å². The van der Waals surface area contributed by atoms with Gasteiger partial charge >= 0.3 is 6.36 Å². The van der Waals surface area contributed by atoms with Crippen molar-refractivity contribution in [1.82, 2.24) is 9.88 Å². The molecule has 32 heavy (non-hydrogen) atoms. The number of para-hydroxylation sites is 1. The molecule has 0 radical (unpaired) electrons. The van der Waals surface area contributed by atoms with Crippen molar-refractivity contribution in [3.8, 4) is 11.8 Å². The van der Waals surface area contributed by atoms with E-state index in [1.54, 1.807) is 48.7 Å². The Kier molecular flexibility index (Phi) is 6.46. The van der Waals surface area contributed by atoms with Gasteiger partial charge in [-0.1, -0.05) is 32.0 Å². The summed E-state index contributed by atoms with van der Waals surface area (Å²) in [6.07, 6.45) is -4.85. The number of nitriles is 1. The molecule has 3 rings (SSSR count). The van der Waals surface area contributed by atoms with Gasteiger partial charge in [-0.15, -0.1) is 13.2 Å². The molecule has 1 aromatic heterocycles. The smallest absolute Gasteiger partial charge is 0.405 e. The van der Waals surface area contributed by atoms with Gasteiger partial charge in [0.2, 0.25) is 0 Å². The Hall–Kier alpha value is -3.51. The first kappa shape index (κ1) is 23.2. The third-order valence-electron chi connectivity index (χ3n) is 4.95. The van der Waals surface area contributed by atoms with Crippen LogP contribution in [0.4, 0.5) is 13.2 Å². The van der Waals surface area contributed by atoms with E-state index in [9.17, 15) is 28.3 Å². The molecule has 0 aliphatic heterocycles. The second-order valence-electron chi connectivity index (χ2n) is 8.16. The molecule has 2 aromatic carbocycles. The number of alkyl halides is 3. The number of rotatable bonds is 7. The van der Waals surface area contributed by atoms with Crippen LogP contribution in [0.25, 0.3) is 10.9 Å². The fourth-order valence-electron chi connectivity index (χ4n) is 3.19. The zero-order valence-electron chi connectivity index (χ0n) is 17.5. The third kappa shape index (κ3) is 5.39. The number of aliphatic hydroxyl groups is 1. The number of hydrogen-bond donors (Lipinski definition) is 2. The standard InChI is InChI=1S/C23H22F3N3O3/c1-22(2,14-30)13-28-21(31)19-10-17-9-15(11-27)7-8-18(17)29(19)12-16-5-3-4-6-20(16)32-23(24,25)26/h3-10,30H,12-14H2,1-2H3,(H,28,31). The van der Waals surface area contributed by atoms with Gasteiger partial charge in [0.15, 0.2) is 0 Å². The molecular weight excluding hydrogens is 423 g/mol. The van der Waals surface area contributed by atoms with E-state index in [4.69, 9.17) is 0 Å². The van der Waals surface area contributed by atoms with E-state index in [1.807, 2.05) is 6.07 Å². The molecule has 1 amide bonds. The van der Waals surface area contributed by atoms with Gasteiger partial charge in [-0.2, -0.15) is 5.26 Å². The predicted octanol–water partition coefficient (Wildman–Crippen LogP) is 4.21. The molecule has 0 bridgehead atoms. The summed E-state index contributed by atoms with van der Waals surface area (Å²) in [6.45, 7) is 3.57. The summed E-state index contributed by atoms with van der Waals surface area (Å²) in [5.74, 6) is -0.807. The number of nitrogens with zero attached hydrogens (tertiary/aromatic N) is 2. The number of amides is 1. The molecule has 0 atom stereocenters. The van der Waals surface area contributed by atoms with Crippen molar-refractivity contribution in [2.45, 2.75) is 26.8 Å². The zero-order valence-corrected chi connectivity index (χ0v) is 17.5. The van der Waals surface area contributed by atoms with Crippen LogP contribution in [-0.4, -0.2) is 35.1 Å². The van der Waals surface area contributed by atoms with Crippen molar-refractivity contribution < 1.29 is 27.8 Å². The van der Waals surface area contributed by atoms with Gasteiger partial charge < -0.3 is 19.7 Å². The van der Waals surface area contributed by atoms with E-state index in [1.165, 1.54) is 18.2 Å². The van der Waals surface area contributed by atoms with Gasteiger partial charge in [0.25, 0.3) is 5.91 Å². The predicted molar refractivity (Wildman–Crippen MR) is 112 cm³/mol. The minimum absolute atomic E-state index is 0.0617. The molecule has 9 heteroatoms. The van der Waals surface area contributed by atoms with Gasteiger partial charge in [-0.05, 0) is 30.3 Å². The van der Waals surface area contributed by atoms with Gasteiger partial charge in [0.05, 0.1) is 18.2 Å². The Morgan fingerprint density at radius 2 is 1.91 bits per heavy atom. The average molecular weight is 445 g/mol.